The number of rotatable bonds is 5. The van der Waals surface area contributed by atoms with Crippen LogP contribution in [0.3, 0.4) is 0 Å². The Morgan fingerprint density at radius 1 is 1.45 bits per heavy atom. The quantitative estimate of drug-likeness (QED) is 0.441. The van der Waals surface area contributed by atoms with E-state index in [0.717, 1.165) is 28.0 Å². The molecule has 22 heavy (non-hydrogen) atoms. The molecule has 0 amide bonds. The van der Waals surface area contributed by atoms with E-state index < -0.39 is 0 Å². The molecule has 0 aliphatic rings. The average Bonchev–Trinajstić information content (AvgIpc) is 2.90. The molecule has 0 fully saturated rings. The van der Waals surface area contributed by atoms with Crippen molar-refractivity contribution in [3.05, 3.63) is 47.3 Å². The van der Waals surface area contributed by atoms with E-state index in [9.17, 15) is 4.79 Å². The zero-order valence-corrected chi connectivity index (χ0v) is 13.6. The van der Waals surface area contributed by atoms with Crippen molar-refractivity contribution in [1.82, 2.24) is 14.5 Å². The van der Waals surface area contributed by atoms with Crippen LogP contribution < -0.4 is 5.56 Å². The molecule has 0 unspecified atom stereocenters. The normalized spacial score (nSPS) is 12.8. The van der Waals surface area contributed by atoms with Crippen molar-refractivity contribution in [1.29, 1.82) is 0 Å². The summed E-state index contributed by atoms with van der Waals surface area (Å²) < 4.78 is 1.70. The van der Waals surface area contributed by atoms with E-state index in [1.165, 1.54) is 0 Å². The number of benzene rings is 1. The smallest absolute Gasteiger partial charge is 0.278 e. The second-order valence-electron chi connectivity index (χ2n) is 5.33. The van der Waals surface area contributed by atoms with Crippen LogP contribution in [0, 0.1) is 0 Å². The molecule has 0 aliphatic carbocycles. The molecule has 2 heterocycles. The van der Waals surface area contributed by atoms with Crippen molar-refractivity contribution in [3.63, 3.8) is 0 Å². The number of hydrogen-bond donors (Lipinski definition) is 1. The number of allylic oxidation sites excluding steroid dienone is 1. The molecule has 0 saturated carbocycles. The van der Waals surface area contributed by atoms with Crippen molar-refractivity contribution in [3.8, 4) is 0 Å². The van der Waals surface area contributed by atoms with E-state index in [1.807, 2.05) is 24.3 Å². The molecule has 1 atom stereocenters. The van der Waals surface area contributed by atoms with E-state index >= 15 is 0 Å². The Hall–Kier alpha value is -2.01. The van der Waals surface area contributed by atoms with Crippen LogP contribution in [0.4, 0.5) is 0 Å². The van der Waals surface area contributed by atoms with Crippen LogP contribution in [0.2, 0.25) is 0 Å². The number of aromatic amines is 1. The van der Waals surface area contributed by atoms with Gasteiger partial charge < -0.3 is 4.98 Å². The lowest BCUT2D eigenvalue weighted by atomic mass is 10.2. The van der Waals surface area contributed by atoms with E-state index in [-0.39, 0.29) is 5.56 Å². The highest BCUT2D eigenvalue weighted by Gasteiger charge is 2.16. The molecule has 3 aromatic rings. The van der Waals surface area contributed by atoms with Gasteiger partial charge in [-0.3, -0.25) is 9.36 Å². The standard InChI is InChI=1S/C17H19N3OS/c1-4-10-20-16(21)15-14(19-17(20)22-11(3)5-2)12-8-6-7-9-13(12)18-15/h4,6-9,11,18H,1,5,10H2,2-3H3/t11-/m1/s1. The van der Waals surface area contributed by atoms with E-state index in [0.29, 0.717) is 17.3 Å². The van der Waals surface area contributed by atoms with Gasteiger partial charge in [-0.1, -0.05) is 49.9 Å². The summed E-state index contributed by atoms with van der Waals surface area (Å²) in [4.78, 5) is 20.8. The third-order valence-electron chi connectivity index (χ3n) is 3.77. The zero-order valence-electron chi connectivity index (χ0n) is 12.8. The van der Waals surface area contributed by atoms with Crippen LogP contribution in [0.5, 0.6) is 0 Å². The number of aromatic nitrogens is 3. The van der Waals surface area contributed by atoms with Gasteiger partial charge in [0.25, 0.3) is 5.56 Å². The largest absolute Gasteiger partial charge is 0.349 e. The van der Waals surface area contributed by atoms with Crippen molar-refractivity contribution in [2.45, 2.75) is 37.2 Å². The molecular weight excluding hydrogens is 294 g/mol. The predicted molar refractivity (Wildman–Crippen MR) is 93.7 cm³/mol. The zero-order chi connectivity index (χ0) is 15.7. The van der Waals surface area contributed by atoms with E-state index in [4.69, 9.17) is 4.98 Å². The molecule has 0 saturated heterocycles. The van der Waals surface area contributed by atoms with E-state index in [1.54, 1.807) is 22.4 Å². The van der Waals surface area contributed by atoms with Gasteiger partial charge in [-0.25, -0.2) is 4.98 Å². The molecule has 4 nitrogen and oxygen atoms in total. The Balaban J connectivity index is 2.31. The Morgan fingerprint density at radius 2 is 2.23 bits per heavy atom. The number of thioether (sulfide) groups is 1. The Morgan fingerprint density at radius 3 is 2.95 bits per heavy atom. The maximum absolute atomic E-state index is 12.8. The molecule has 0 aliphatic heterocycles. The van der Waals surface area contributed by atoms with Crippen molar-refractivity contribution in [2.24, 2.45) is 0 Å². The molecule has 3 rings (SSSR count). The minimum Gasteiger partial charge on any atom is -0.349 e. The third kappa shape index (κ3) is 2.46. The Kier molecular flexibility index (Phi) is 4.07. The molecule has 2 aromatic heterocycles. The van der Waals surface area contributed by atoms with Crippen molar-refractivity contribution in [2.75, 3.05) is 0 Å². The molecule has 5 heteroatoms. The lowest BCUT2D eigenvalue weighted by Crippen LogP contribution is -2.23. The fraction of sp³-hybridized carbons (Fsp3) is 0.294. The number of H-pyrrole nitrogens is 1. The molecule has 0 spiro atoms. The highest BCUT2D eigenvalue weighted by molar-refractivity contribution is 7.99. The fourth-order valence-corrected chi connectivity index (χ4v) is 3.37. The van der Waals surface area contributed by atoms with Crippen LogP contribution in [0.1, 0.15) is 20.3 Å². The highest BCUT2D eigenvalue weighted by Crippen LogP contribution is 2.27. The first-order valence-corrected chi connectivity index (χ1v) is 8.32. The van der Waals surface area contributed by atoms with E-state index in [2.05, 4.69) is 25.4 Å². The summed E-state index contributed by atoms with van der Waals surface area (Å²) in [6, 6.07) is 7.88. The van der Waals surface area contributed by atoms with Crippen LogP contribution in [0.15, 0.2) is 46.9 Å². The third-order valence-corrected chi connectivity index (χ3v) is 5.03. The molecule has 114 valence electrons. The predicted octanol–water partition coefficient (Wildman–Crippen LogP) is 3.95. The van der Waals surface area contributed by atoms with Gasteiger partial charge in [0.05, 0.1) is 0 Å². The molecule has 1 aromatic carbocycles. The SMILES string of the molecule is C=CCn1c(S[C@H](C)CC)nc2c([nH]c3ccccc32)c1=O. The summed E-state index contributed by atoms with van der Waals surface area (Å²) in [5, 5.41) is 2.16. The lowest BCUT2D eigenvalue weighted by molar-refractivity contribution is 0.668. The minimum absolute atomic E-state index is 0.0353. The van der Waals surface area contributed by atoms with Gasteiger partial charge in [-0.15, -0.1) is 6.58 Å². The van der Waals surface area contributed by atoms with Crippen LogP contribution in [0.25, 0.3) is 21.9 Å². The molecule has 0 bridgehead atoms. The molecule has 1 N–H and O–H groups in total. The molecular formula is C17H19N3OS. The van der Waals surface area contributed by atoms with Gasteiger partial charge in [0.15, 0.2) is 5.16 Å². The van der Waals surface area contributed by atoms with Gasteiger partial charge in [0.2, 0.25) is 0 Å². The first kappa shape index (κ1) is 14.9. The van der Waals surface area contributed by atoms with Gasteiger partial charge in [0, 0.05) is 22.7 Å². The topological polar surface area (TPSA) is 50.7 Å². The maximum atomic E-state index is 12.8. The highest BCUT2D eigenvalue weighted by atomic mass is 32.2. The Bertz CT molecular complexity index is 894. The van der Waals surface area contributed by atoms with Crippen LogP contribution >= 0.6 is 11.8 Å². The van der Waals surface area contributed by atoms with Gasteiger partial charge in [-0.05, 0) is 12.5 Å². The monoisotopic (exact) mass is 313 g/mol. The number of nitrogens with one attached hydrogen (secondary N) is 1. The summed E-state index contributed by atoms with van der Waals surface area (Å²) in [5.74, 6) is 0. The van der Waals surface area contributed by atoms with Crippen LogP contribution in [-0.4, -0.2) is 19.8 Å². The maximum Gasteiger partial charge on any atom is 0.278 e. The summed E-state index contributed by atoms with van der Waals surface area (Å²) in [7, 11) is 0. The number of nitrogens with zero attached hydrogens (tertiary/aromatic N) is 2. The van der Waals surface area contributed by atoms with Gasteiger partial charge in [0.1, 0.15) is 11.0 Å². The second kappa shape index (κ2) is 6.01. The average molecular weight is 313 g/mol. The fourth-order valence-electron chi connectivity index (χ4n) is 2.42. The summed E-state index contributed by atoms with van der Waals surface area (Å²) in [5.41, 5.74) is 2.23. The van der Waals surface area contributed by atoms with Crippen LogP contribution in [-0.2, 0) is 6.54 Å². The number of hydrogen-bond acceptors (Lipinski definition) is 3. The summed E-state index contributed by atoms with van der Waals surface area (Å²) in [6.45, 7) is 8.51. The lowest BCUT2D eigenvalue weighted by Gasteiger charge is -2.13. The summed E-state index contributed by atoms with van der Waals surface area (Å²) >= 11 is 1.64. The number of fused-ring (bicyclic) bond motifs is 3. The number of para-hydroxylation sites is 1. The Labute approximate surface area is 133 Å². The molecule has 0 radical (unpaired) electrons. The minimum atomic E-state index is -0.0353. The first-order chi connectivity index (χ1) is 10.7. The van der Waals surface area contributed by atoms with Crippen molar-refractivity contribution >= 4 is 33.7 Å². The first-order valence-electron chi connectivity index (χ1n) is 7.44. The van der Waals surface area contributed by atoms with Crippen molar-refractivity contribution < 1.29 is 0 Å². The second-order valence-corrected chi connectivity index (χ2v) is 6.74. The van der Waals surface area contributed by atoms with Gasteiger partial charge >= 0.3 is 0 Å². The summed E-state index contributed by atoms with van der Waals surface area (Å²) in [6.07, 6.45) is 2.76. The van der Waals surface area contributed by atoms with Gasteiger partial charge in [-0.2, -0.15) is 0 Å².